The van der Waals surface area contributed by atoms with Crippen LogP contribution in [0, 0.1) is 0 Å². The van der Waals surface area contributed by atoms with Crippen LogP contribution in [0.3, 0.4) is 0 Å². The Labute approximate surface area is 93.7 Å². The molecule has 0 saturated carbocycles. The maximum absolute atomic E-state index is 5.50. The van der Waals surface area contributed by atoms with Crippen molar-refractivity contribution in [3.8, 4) is 0 Å². The van der Waals surface area contributed by atoms with E-state index in [9.17, 15) is 0 Å². The van der Waals surface area contributed by atoms with E-state index < -0.39 is 0 Å². The fourth-order valence-corrected chi connectivity index (χ4v) is 2.28. The molecule has 1 rings (SSSR count). The Morgan fingerprint density at radius 2 is 2.13 bits per heavy atom. The van der Waals surface area contributed by atoms with E-state index in [1.807, 2.05) is 0 Å². The molecule has 0 aromatic rings. The highest BCUT2D eigenvalue weighted by Gasteiger charge is 2.22. The van der Waals surface area contributed by atoms with Crippen LogP contribution in [-0.4, -0.2) is 51.0 Å². The average molecular weight is 215 g/mol. The first-order chi connectivity index (χ1) is 7.38. The first-order valence-electron chi connectivity index (χ1n) is 6.19. The summed E-state index contributed by atoms with van der Waals surface area (Å²) in [5.74, 6) is 0. The Hall–Kier alpha value is -0.120. The molecule has 0 N–H and O–H groups in total. The quantitative estimate of drug-likeness (QED) is 0.577. The van der Waals surface area contributed by atoms with Crippen LogP contribution in [-0.2, 0) is 9.47 Å². The third-order valence-corrected chi connectivity index (χ3v) is 3.08. The highest BCUT2D eigenvalue weighted by molar-refractivity contribution is 4.78. The maximum Gasteiger partial charge on any atom is 0.0700 e. The molecule has 1 saturated heterocycles. The largest absolute Gasteiger partial charge is 0.382 e. The summed E-state index contributed by atoms with van der Waals surface area (Å²) in [4.78, 5) is 2.58. The van der Waals surface area contributed by atoms with Gasteiger partial charge in [-0.05, 0) is 25.8 Å². The molecule has 1 aliphatic rings. The summed E-state index contributed by atoms with van der Waals surface area (Å²) in [7, 11) is 1.71. The maximum atomic E-state index is 5.50. The van der Waals surface area contributed by atoms with Crippen LogP contribution in [0.5, 0.6) is 0 Å². The Balaban J connectivity index is 2.03. The molecule has 0 aromatic heterocycles. The van der Waals surface area contributed by atoms with E-state index in [1.54, 1.807) is 7.11 Å². The van der Waals surface area contributed by atoms with Crippen LogP contribution in [0.15, 0.2) is 0 Å². The number of methoxy groups -OCH3 is 1. The predicted octanol–water partition coefficient (Wildman–Crippen LogP) is 1.91. The Morgan fingerprint density at radius 1 is 1.27 bits per heavy atom. The van der Waals surface area contributed by atoms with Crippen LogP contribution in [0.4, 0.5) is 0 Å². The molecule has 0 bridgehead atoms. The van der Waals surface area contributed by atoms with Gasteiger partial charge in [0.05, 0.1) is 19.8 Å². The van der Waals surface area contributed by atoms with Gasteiger partial charge in [0.15, 0.2) is 0 Å². The molecule has 0 spiro atoms. The lowest BCUT2D eigenvalue weighted by Gasteiger charge is -2.23. The van der Waals surface area contributed by atoms with Crippen molar-refractivity contribution in [3.63, 3.8) is 0 Å². The van der Waals surface area contributed by atoms with Crippen LogP contribution in [0.1, 0.15) is 32.6 Å². The van der Waals surface area contributed by atoms with Gasteiger partial charge in [-0.1, -0.05) is 13.3 Å². The molecular formula is C12H25NO2. The average Bonchev–Trinajstić information content (AvgIpc) is 2.66. The Bertz CT molecular complexity index is 153. The summed E-state index contributed by atoms with van der Waals surface area (Å²) in [6, 6.07) is 0.820. The second kappa shape index (κ2) is 8.08. The molecular weight excluding hydrogens is 190 g/mol. The van der Waals surface area contributed by atoms with E-state index in [-0.39, 0.29) is 0 Å². The fraction of sp³-hybridized carbons (Fsp3) is 1.00. The topological polar surface area (TPSA) is 21.7 Å². The highest BCUT2D eigenvalue weighted by atomic mass is 16.5. The van der Waals surface area contributed by atoms with Crippen molar-refractivity contribution in [2.75, 3.05) is 40.0 Å². The minimum Gasteiger partial charge on any atom is -0.382 e. The van der Waals surface area contributed by atoms with Crippen LogP contribution in [0.25, 0.3) is 0 Å². The van der Waals surface area contributed by atoms with Gasteiger partial charge in [0.1, 0.15) is 0 Å². The summed E-state index contributed by atoms with van der Waals surface area (Å²) in [5.41, 5.74) is 0. The zero-order valence-electron chi connectivity index (χ0n) is 10.2. The smallest absolute Gasteiger partial charge is 0.0700 e. The van der Waals surface area contributed by atoms with Gasteiger partial charge < -0.3 is 9.47 Å². The molecule has 1 heterocycles. The van der Waals surface area contributed by atoms with E-state index in [4.69, 9.17) is 9.47 Å². The standard InChI is InChI=1S/C12H25NO2/c1-3-5-12-6-4-7-13(12)8-9-15-11-10-14-2/h12H,3-11H2,1-2H3. The fourth-order valence-electron chi connectivity index (χ4n) is 2.28. The lowest BCUT2D eigenvalue weighted by Crippen LogP contribution is -2.32. The first-order valence-corrected chi connectivity index (χ1v) is 6.19. The summed E-state index contributed by atoms with van der Waals surface area (Å²) in [6.07, 6.45) is 5.39. The van der Waals surface area contributed by atoms with Crippen molar-refractivity contribution in [3.05, 3.63) is 0 Å². The minimum absolute atomic E-state index is 0.707. The number of hydrogen-bond donors (Lipinski definition) is 0. The number of nitrogens with zero attached hydrogens (tertiary/aromatic N) is 1. The predicted molar refractivity (Wildman–Crippen MR) is 62.2 cm³/mol. The molecule has 1 fully saturated rings. The van der Waals surface area contributed by atoms with Gasteiger partial charge in [0.2, 0.25) is 0 Å². The molecule has 0 amide bonds. The number of likely N-dealkylation sites (tertiary alicyclic amines) is 1. The van der Waals surface area contributed by atoms with Crippen molar-refractivity contribution >= 4 is 0 Å². The van der Waals surface area contributed by atoms with E-state index >= 15 is 0 Å². The van der Waals surface area contributed by atoms with E-state index in [1.165, 1.54) is 32.2 Å². The van der Waals surface area contributed by atoms with Crippen LogP contribution >= 0.6 is 0 Å². The number of hydrogen-bond acceptors (Lipinski definition) is 3. The molecule has 15 heavy (non-hydrogen) atoms. The van der Waals surface area contributed by atoms with Gasteiger partial charge in [-0.15, -0.1) is 0 Å². The van der Waals surface area contributed by atoms with E-state index in [0.717, 1.165) is 25.8 Å². The summed E-state index contributed by atoms with van der Waals surface area (Å²) in [6.45, 7) is 6.91. The monoisotopic (exact) mass is 215 g/mol. The SMILES string of the molecule is CCCC1CCCN1CCOCCOC. The zero-order valence-corrected chi connectivity index (χ0v) is 10.2. The Morgan fingerprint density at radius 3 is 2.87 bits per heavy atom. The molecule has 1 aliphatic heterocycles. The van der Waals surface area contributed by atoms with Crippen molar-refractivity contribution < 1.29 is 9.47 Å². The highest BCUT2D eigenvalue weighted by Crippen LogP contribution is 2.20. The lowest BCUT2D eigenvalue weighted by molar-refractivity contribution is 0.0547. The summed E-state index contributed by atoms with van der Waals surface area (Å²) in [5, 5.41) is 0. The molecule has 1 atom stereocenters. The van der Waals surface area contributed by atoms with Gasteiger partial charge in [0, 0.05) is 19.7 Å². The van der Waals surface area contributed by atoms with Gasteiger partial charge in [0.25, 0.3) is 0 Å². The van der Waals surface area contributed by atoms with Crippen molar-refractivity contribution in [1.82, 2.24) is 4.90 Å². The van der Waals surface area contributed by atoms with Crippen molar-refractivity contribution in [1.29, 1.82) is 0 Å². The van der Waals surface area contributed by atoms with Crippen LogP contribution in [0.2, 0.25) is 0 Å². The molecule has 0 aromatic carbocycles. The van der Waals surface area contributed by atoms with Crippen LogP contribution < -0.4 is 0 Å². The first kappa shape index (κ1) is 12.9. The third-order valence-electron chi connectivity index (χ3n) is 3.08. The number of rotatable bonds is 8. The molecule has 3 nitrogen and oxygen atoms in total. The van der Waals surface area contributed by atoms with Gasteiger partial charge in [-0.25, -0.2) is 0 Å². The second-order valence-electron chi connectivity index (χ2n) is 4.23. The van der Waals surface area contributed by atoms with Crippen molar-refractivity contribution in [2.45, 2.75) is 38.6 Å². The summed E-state index contributed by atoms with van der Waals surface area (Å²) < 4.78 is 10.4. The lowest BCUT2D eigenvalue weighted by atomic mass is 10.1. The van der Waals surface area contributed by atoms with Gasteiger partial charge in [-0.2, -0.15) is 0 Å². The van der Waals surface area contributed by atoms with Gasteiger partial charge in [-0.3, -0.25) is 4.90 Å². The normalized spacial score (nSPS) is 22.4. The molecule has 0 radical (unpaired) electrons. The molecule has 90 valence electrons. The summed E-state index contributed by atoms with van der Waals surface area (Å²) >= 11 is 0. The van der Waals surface area contributed by atoms with Gasteiger partial charge >= 0.3 is 0 Å². The third kappa shape index (κ3) is 4.96. The Kier molecular flexibility index (Phi) is 6.98. The second-order valence-corrected chi connectivity index (χ2v) is 4.23. The molecule has 0 aliphatic carbocycles. The molecule has 3 heteroatoms. The number of ether oxygens (including phenoxy) is 2. The zero-order chi connectivity index (χ0) is 10.9. The molecule has 1 unspecified atom stereocenters. The van der Waals surface area contributed by atoms with E-state index in [2.05, 4.69) is 11.8 Å². The van der Waals surface area contributed by atoms with E-state index in [0.29, 0.717) is 6.61 Å². The van der Waals surface area contributed by atoms with Crippen molar-refractivity contribution in [2.24, 2.45) is 0 Å². The minimum atomic E-state index is 0.707.